The number of piperidine rings is 1. The Hall–Kier alpha value is -2.04. The van der Waals surface area contributed by atoms with Crippen LogP contribution in [0, 0.1) is 12.8 Å². The number of carbonyl (C=O) groups is 2. The SMILES string of the molecule is CCCCNC(=O)C1CCC(C)N(C(=O)c2cc(N)ccc2C)C1. The highest BCUT2D eigenvalue weighted by Crippen LogP contribution is 2.25. The number of nitrogen functional groups attached to an aromatic ring is 1. The fourth-order valence-corrected chi connectivity index (χ4v) is 3.16. The van der Waals surface area contributed by atoms with E-state index in [9.17, 15) is 9.59 Å². The molecule has 0 radical (unpaired) electrons. The first-order valence-electron chi connectivity index (χ1n) is 8.88. The molecule has 24 heavy (non-hydrogen) atoms. The molecule has 0 bridgehead atoms. The fraction of sp³-hybridized carbons (Fsp3) is 0.579. The second kappa shape index (κ2) is 8.18. The van der Waals surface area contributed by atoms with Crippen LogP contribution >= 0.6 is 0 Å². The van der Waals surface area contributed by atoms with Crippen LogP contribution in [-0.4, -0.2) is 35.8 Å². The van der Waals surface area contributed by atoms with Crippen molar-refractivity contribution in [3.8, 4) is 0 Å². The van der Waals surface area contributed by atoms with Crippen LogP contribution in [0.4, 0.5) is 5.69 Å². The molecule has 5 nitrogen and oxygen atoms in total. The number of nitrogens with zero attached hydrogens (tertiary/aromatic N) is 1. The van der Waals surface area contributed by atoms with Crippen molar-refractivity contribution in [3.63, 3.8) is 0 Å². The maximum Gasteiger partial charge on any atom is 0.254 e. The van der Waals surface area contributed by atoms with Crippen LogP contribution in [0.2, 0.25) is 0 Å². The third-order valence-corrected chi connectivity index (χ3v) is 4.84. The number of anilines is 1. The van der Waals surface area contributed by atoms with Gasteiger partial charge in [-0.15, -0.1) is 0 Å². The number of benzene rings is 1. The Bertz CT molecular complexity index is 600. The summed E-state index contributed by atoms with van der Waals surface area (Å²) in [6, 6.07) is 5.54. The molecule has 2 unspecified atom stereocenters. The van der Waals surface area contributed by atoms with Gasteiger partial charge in [-0.1, -0.05) is 19.4 Å². The summed E-state index contributed by atoms with van der Waals surface area (Å²) < 4.78 is 0. The summed E-state index contributed by atoms with van der Waals surface area (Å²) >= 11 is 0. The molecule has 3 N–H and O–H groups in total. The van der Waals surface area contributed by atoms with Crippen LogP contribution in [-0.2, 0) is 4.79 Å². The predicted molar refractivity (Wildman–Crippen MR) is 96.7 cm³/mol. The average molecular weight is 331 g/mol. The highest BCUT2D eigenvalue weighted by Gasteiger charge is 2.33. The third kappa shape index (κ3) is 4.28. The van der Waals surface area contributed by atoms with Gasteiger partial charge in [-0.2, -0.15) is 0 Å². The number of amides is 2. The molecule has 1 saturated heterocycles. The number of nitrogens with one attached hydrogen (secondary N) is 1. The molecule has 132 valence electrons. The van der Waals surface area contributed by atoms with Gasteiger partial charge in [0.2, 0.25) is 5.91 Å². The number of carbonyl (C=O) groups excluding carboxylic acids is 2. The number of nitrogens with two attached hydrogens (primary N) is 1. The molecule has 2 rings (SSSR count). The van der Waals surface area contributed by atoms with Gasteiger partial charge in [-0.3, -0.25) is 9.59 Å². The minimum Gasteiger partial charge on any atom is -0.399 e. The minimum absolute atomic E-state index is 0.0293. The second-order valence-corrected chi connectivity index (χ2v) is 6.80. The molecule has 1 aromatic rings. The quantitative estimate of drug-likeness (QED) is 0.643. The molecule has 0 aromatic heterocycles. The molecule has 0 spiro atoms. The van der Waals surface area contributed by atoms with Gasteiger partial charge in [0.15, 0.2) is 0 Å². The normalized spacial score (nSPS) is 20.7. The Morgan fingerprint density at radius 2 is 2.08 bits per heavy atom. The fourth-order valence-electron chi connectivity index (χ4n) is 3.16. The molecule has 5 heteroatoms. The summed E-state index contributed by atoms with van der Waals surface area (Å²) in [7, 11) is 0. The molecule has 1 aliphatic rings. The predicted octanol–water partition coefficient (Wildman–Crippen LogP) is 2.73. The molecule has 2 amide bonds. The summed E-state index contributed by atoms with van der Waals surface area (Å²) in [5.74, 6) is -0.0841. The molecule has 1 fully saturated rings. The lowest BCUT2D eigenvalue weighted by Gasteiger charge is -2.37. The summed E-state index contributed by atoms with van der Waals surface area (Å²) in [5, 5.41) is 2.99. The van der Waals surface area contributed by atoms with Crippen molar-refractivity contribution in [1.82, 2.24) is 10.2 Å². The smallest absolute Gasteiger partial charge is 0.254 e. The van der Waals surface area contributed by atoms with E-state index in [1.165, 1.54) is 0 Å². The number of aryl methyl sites for hydroxylation is 1. The minimum atomic E-state index is -0.122. The Labute approximate surface area is 144 Å². The molecule has 0 aliphatic carbocycles. The van der Waals surface area contributed by atoms with Crippen molar-refractivity contribution in [2.45, 2.75) is 52.5 Å². The van der Waals surface area contributed by atoms with Crippen molar-refractivity contribution >= 4 is 17.5 Å². The number of hydrogen-bond donors (Lipinski definition) is 2. The lowest BCUT2D eigenvalue weighted by molar-refractivity contribution is -0.126. The Morgan fingerprint density at radius 3 is 2.79 bits per heavy atom. The van der Waals surface area contributed by atoms with Crippen LogP contribution in [0.3, 0.4) is 0 Å². The zero-order valence-electron chi connectivity index (χ0n) is 15.0. The van der Waals surface area contributed by atoms with E-state index in [-0.39, 0.29) is 23.8 Å². The van der Waals surface area contributed by atoms with E-state index in [0.717, 1.165) is 31.2 Å². The Morgan fingerprint density at radius 1 is 1.33 bits per heavy atom. The average Bonchev–Trinajstić information content (AvgIpc) is 2.57. The molecule has 0 saturated carbocycles. The van der Waals surface area contributed by atoms with Gasteiger partial charge in [0.25, 0.3) is 5.91 Å². The summed E-state index contributed by atoms with van der Waals surface area (Å²) in [5.41, 5.74) is 7.97. The number of rotatable bonds is 5. The maximum atomic E-state index is 13.0. The first-order valence-corrected chi connectivity index (χ1v) is 8.88. The van der Waals surface area contributed by atoms with Gasteiger partial charge in [0.05, 0.1) is 5.92 Å². The van der Waals surface area contributed by atoms with Crippen LogP contribution in [0.1, 0.15) is 55.5 Å². The van der Waals surface area contributed by atoms with Crippen LogP contribution in [0.25, 0.3) is 0 Å². The third-order valence-electron chi connectivity index (χ3n) is 4.84. The van der Waals surface area contributed by atoms with Crippen molar-refractivity contribution in [1.29, 1.82) is 0 Å². The number of unbranched alkanes of at least 4 members (excludes halogenated alkanes) is 1. The van der Waals surface area contributed by atoms with Crippen LogP contribution < -0.4 is 11.1 Å². The largest absolute Gasteiger partial charge is 0.399 e. The van der Waals surface area contributed by atoms with E-state index in [2.05, 4.69) is 12.2 Å². The van der Waals surface area contributed by atoms with Gasteiger partial charge in [0, 0.05) is 30.4 Å². The van der Waals surface area contributed by atoms with E-state index < -0.39 is 0 Å². The lowest BCUT2D eigenvalue weighted by Crippen LogP contribution is -2.49. The zero-order chi connectivity index (χ0) is 17.7. The highest BCUT2D eigenvalue weighted by atomic mass is 16.2. The van der Waals surface area contributed by atoms with E-state index in [0.29, 0.717) is 24.3 Å². The van der Waals surface area contributed by atoms with Crippen molar-refractivity contribution < 1.29 is 9.59 Å². The molecular formula is C19H29N3O2. The van der Waals surface area contributed by atoms with Crippen molar-refractivity contribution in [2.24, 2.45) is 5.92 Å². The molecular weight excluding hydrogens is 302 g/mol. The van der Waals surface area contributed by atoms with Gasteiger partial charge in [-0.25, -0.2) is 0 Å². The first kappa shape index (κ1) is 18.3. The number of likely N-dealkylation sites (tertiary alicyclic amines) is 1. The van der Waals surface area contributed by atoms with Crippen LogP contribution in [0.5, 0.6) is 0 Å². The van der Waals surface area contributed by atoms with Gasteiger partial charge >= 0.3 is 0 Å². The highest BCUT2D eigenvalue weighted by molar-refractivity contribution is 5.97. The second-order valence-electron chi connectivity index (χ2n) is 6.80. The van der Waals surface area contributed by atoms with E-state index in [1.807, 2.05) is 24.8 Å². The van der Waals surface area contributed by atoms with Crippen LogP contribution in [0.15, 0.2) is 18.2 Å². The summed E-state index contributed by atoms with van der Waals surface area (Å²) in [6.45, 7) is 7.25. The Balaban J connectivity index is 2.09. The van der Waals surface area contributed by atoms with Gasteiger partial charge in [0.1, 0.15) is 0 Å². The monoisotopic (exact) mass is 331 g/mol. The summed E-state index contributed by atoms with van der Waals surface area (Å²) in [6.07, 6.45) is 3.72. The maximum absolute atomic E-state index is 13.0. The van der Waals surface area contributed by atoms with Crippen molar-refractivity contribution in [2.75, 3.05) is 18.8 Å². The van der Waals surface area contributed by atoms with Gasteiger partial charge in [-0.05, 0) is 50.8 Å². The molecule has 2 atom stereocenters. The van der Waals surface area contributed by atoms with E-state index >= 15 is 0 Å². The Kier molecular flexibility index (Phi) is 6.23. The topological polar surface area (TPSA) is 75.4 Å². The first-order chi connectivity index (χ1) is 11.4. The van der Waals surface area contributed by atoms with Crippen molar-refractivity contribution in [3.05, 3.63) is 29.3 Å². The van der Waals surface area contributed by atoms with E-state index in [1.54, 1.807) is 12.1 Å². The standard InChI is InChI=1S/C19H29N3O2/c1-4-5-10-21-18(23)15-8-7-14(3)22(12-15)19(24)17-11-16(20)9-6-13(17)2/h6,9,11,14-15H,4-5,7-8,10,12,20H2,1-3H3,(H,21,23). The van der Waals surface area contributed by atoms with Gasteiger partial charge < -0.3 is 16.0 Å². The molecule has 1 heterocycles. The summed E-state index contributed by atoms with van der Waals surface area (Å²) in [4.78, 5) is 27.1. The molecule has 1 aliphatic heterocycles. The molecule has 1 aromatic carbocycles. The lowest BCUT2D eigenvalue weighted by atomic mass is 9.91. The van der Waals surface area contributed by atoms with E-state index in [4.69, 9.17) is 5.73 Å². The zero-order valence-corrected chi connectivity index (χ0v) is 15.0. The number of hydrogen-bond acceptors (Lipinski definition) is 3.